The number of benzene rings is 2. The number of nitrogens with zero attached hydrogens (tertiary/aromatic N) is 1. The summed E-state index contributed by atoms with van der Waals surface area (Å²) in [6, 6.07) is 14.9. The SMILES string of the molecule is CC1(c2ccccc2)C(c2ccc(F)c(F)c2)C2CCN1CC2. The molecule has 5 rings (SSSR count). The maximum atomic E-state index is 13.8. The predicted octanol–water partition coefficient (Wildman–Crippen LogP) is 4.69. The van der Waals surface area contributed by atoms with Crippen LogP contribution in [-0.2, 0) is 5.54 Å². The van der Waals surface area contributed by atoms with E-state index >= 15 is 0 Å². The van der Waals surface area contributed by atoms with Gasteiger partial charge in [-0.2, -0.15) is 0 Å². The van der Waals surface area contributed by atoms with Gasteiger partial charge in [0.05, 0.1) is 5.54 Å². The molecule has 0 N–H and O–H groups in total. The average molecular weight is 313 g/mol. The van der Waals surface area contributed by atoms with E-state index in [2.05, 4.69) is 36.1 Å². The number of piperidine rings is 3. The fourth-order valence-electron chi connectivity index (χ4n) is 4.79. The Balaban J connectivity index is 1.86. The second-order valence-corrected chi connectivity index (χ2v) is 6.99. The van der Waals surface area contributed by atoms with Crippen molar-refractivity contribution in [1.82, 2.24) is 4.90 Å². The minimum absolute atomic E-state index is 0.160. The van der Waals surface area contributed by atoms with Crippen molar-refractivity contribution in [3.05, 3.63) is 71.3 Å². The summed E-state index contributed by atoms with van der Waals surface area (Å²) in [6.07, 6.45) is 2.26. The summed E-state index contributed by atoms with van der Waals surface area (Å²) >= 11 is 0. The summed E-state index contributed by atoms with van der Waals surface area (Å²) in [5, 5.41) is 0. The Morgan fingerprint density at radius 3 is 2.30 bits per heavy atom. The van der Waals surface area contributed by atoms with Crippen LogP contribution in [0.1, 0.15) is 36.8 Å². The van der Waals surface area contributed by atoms with Crippen molar-refractivity contribution >= 4 is 0 Å². The molecule has 3 aliphatic rings. The fourth-order valence-corrected chi connectivity index (χ4v) is 4.79. The lowest BCUT2D eigenvalue weighted by Crippen LogP contribution is -2.59. The topological polar surface area (TPSA) is 3.24 Å². The molecule has 0 spiro atoms. The van der Waals surface area contributed by atoms with Crippen molar-refractivity contribution < 1.29 is 8.78 Å². The normalized spacial score (nSPS) is 32.9. The Morgan fingerprint density at radius 2 is 1.65 bits per heavy atom. The Kier molecular flexibility index (Phi) is 3.49. The highest BCUT2D eigenvalue weighted by atomic mass is 19.2. The van der Waals surface area contributed by atoms with E-state index in [9.17, 15) is 8.78 Å². The molecule has 1 nitrogen and oxygen atoms in total. The van der Waals surface area contributed by atoms with Crippen molar-refractivity contribution in [3.8, 4) is 0 Å². The van der Waals surface area contributed by atoms with Gasteiger partial charge in [-0.25, -0.2) is 8.78 Å². The number of hydrogen-bond donors (Lipinski definition) is 0. The average Bonchev–Trinajstić information content (AvgIpc) is 2.59. The van der Waals surface area contributed by atoms with Crippen LogP contribution in [0.3, 0.4) is 0 Å². The maximum Gasteiger partial charge on any atom is 0.159 e. The number of rotatable bonds is 2. The summed E-state index contributed by atoms with van der Waals surface area (Å²) < 4.78 is 27.2. The van der Waals surface area contributed by atoms with Crippen LogP contribution in [0.5, 0.6) is 0 Å². The van der Waals surface area contributed by atoms with Gasteiger partial charge < -0.3 is 0 Å². The van der Waals surface area contributed by atoms with E-state index in [1.54, 1.807) is 6.07 Å². The van der Waals surface area contributed by atoms with E-state index in [1.807, 2.05) is 6.07 Å². The molecule has 0 aliphatic carbocycles. The number of fused-ring (bicyclic) bond motifs is 3. The van der Waals surface area contributed by atoms with Crippen LogP contribution in [0, 0.1) is 17.6 Å². The van der Waals surface area contributed by atoms with Gasteiger partial charge in [-0.05, 0) is 62.0 Å². The van der Waals surface area contributed by atoms with E-state index in [4.69, 9.17) is 0 Å². The Bertz CT molecular complexity index is 707. The second-order valence-electron chi connectivity index (χ2n) is 6.99. The number of hydrogen-bond acceptors (Lipinski definition) is 1. The molecule has 0 saturated carbocycles. The van der Waals surface area contributed by atoms with E-state index in [0.717, 1.165) is 31.5 Å². The zero-order valence-electron chi connectivity index (χ0n) is 13.3. The smallest absolute Gasteiger partial charge is 0.159 e. The Labute approximate surface area is 135 Å². The molecule has 3 fully saturated rings. The molecular formula is C20H21F2N. The third kappa shape index (κ3) is 2.21. The second kappa shape index (κ2) is 5.41. The molecule has 2 bridgehead atoms. The van der Waals surface area contributed by atoms with Crippen molar-refractivity contribution in [1.29, 1.82) is 0 Å². The lowest BCUT2D eigenvalue weighted by atomic mass is 9.61. The molecule has 3 heterocycles. The van der Waals surface area contributed by atoms with Gasteiger partial charge in [-0.15, -0.1) is 0 Å². The van der Waals surface area contributed by atoms with Crippen LogP contribution < -0.4 is 0 Å². The molecule has 2 aromatic carbocycles. The van der Waals surface area contributed by atoms with Crippen LogP contribution in [0.2, 0.25) is 0 Å². The van der Waals surface area contributed by atoms with E-state index in [0.29, 0.717) is 5.92 Å². The lowest BCUT2D eigenvalue weighted by Gasteiger charge is -2.58. The first-order chi connectivity index (χ1) is 11.1. The molecule has 2 atom stereocenters. The van der Waals surface area contributed by atoms with Crippen LogP contribution in [0.4, 0.5) is 8.78 Å². The third-order valence-electron chi connectivity index (χ3n) is 5.93. The molecule has 2 aromatic rings. The van der Waals surface area contributed by atoms with Crippen LogP contribution in [-0.4, -0.2) is 18.0 Å². The molecule has 0 radical (unpaired) electrons. The molecule has 0 aromatic heterocycles. The van der Waals surface area contributed by atoms with Gasteiger partial charge in [0.25, 0.3) is 0 Å². The van der Waals surface area contributed by atoms with Crippen molar-refractivity contribution in [3.63, 3.8) is 0 Å². The largest absolute Gasteiger partial charge is 0.293 e. The van der Waals surface area contributed by atoms with Gasteiger partial charge in [0.2, 0.25) is 0 Å². The van der Waals surface area contributed by atoms with Crippen molar-refractivity contribution in [2.45, 2.75) is 31.2 Å². The van der Waals surface area contributed by atoms with Gasteiger partial charge >= 0.3 is 0 Å². The minimum Gasteiger partial charge on any atom is -0.293 e. The molecule has 23 heavy (non-hydrogen) atoms. The first-order valence-electron chi connectivity index (χ1n) is 8.36. The number of halogens is 2. The summed E-state index contributed by atoms with van der Waals surface area (Å²) in [6.45, 7) is 4.42. The van der Waals surface area contributed by atoms with Gasteiger partial charge in [0.1, 0.15) is 0 Å². The molecule has 3 heteroatoms. The van der Waals surface area contributed by atoms with Crippen molar-refractivity contribution in [2.24, 2.45) is 5.92 Å². The summed E-state index contributed by atoms with van der Waals surface area (Å²) in [5.74, 6) is -0.789. The third-order valence-corrected chi connectivity index (χ3v) is 5.93. The Hall–Kier alpha value is -1.74. The van der Waals surface area contributed by atoms with E-state index in [1.165, 1.54) is 17.7 Å². The molecule has 0 amide bonds. The fraction of sp³-hybridized carbons (Fsp3) is 0.400. The molecule has 3 aliphatic heterocycles. The monoisotopic (exact) mass is 313 g/mol. The molecule has 120 valence electrons. The van der Waals surface area contributed by atoms with Crippen LogP contribution in [0.15, 0.2) is 48.5 Å². The van der Waals surface area contributed by atoms with Gasteiger partial charge in [0, 0.05) is 5.92 Å². The Morgan fingerprint density at radius 1 is 0.957 bits per heavy atom. The van der Waals surface area contributed by atoms with Gasteiger partial charge in [0.15, 0.2) is 11.6 Å². The molecule has 2 unspecified atom stereocenters. The highest BCUT2D eigenvalue weighted by Gasteiger charge is 2.51. The molecule has 3 saturated heterocycles. The summed E-state index contributed by atoms with van der Waals surface area (Å²) in [4.78, 5) is 2.52. The first-order valence-corrected chi connectivity index (χ1v) is 8.36. The van der Waals surface area contributed by atoms with Gasteiger partial charge in [-0.3, -0.25) is 4.90 Å². The first kappa shape index (κ1) is 14.8. The van der Waals surface area contributed by atoms with E-state index in [-0.39, 0.29) is 11.5 Å². The zero-order chi connectivity index (χ0) is 16.0. The molecular weight excluding hydrogens is 292 g/mol. The van der Waals surface area contributed by atoms with Crippen molar-refractivity contribution in [2.75, 3.05) is 13.1 Å². The van der Waals surface area contributed by atoms with Crippen LogP contribution >= 0.6 is 0 Å². The summed E-state index contributed by atoms with van der Waals surface area (Å²) in [5.41, 5.74) is 2.02. The van der Waals surface area contributed by atoms with Gasteiger partial charge in [-0.1, -0.05) is 36.4 Å². The standard InChI is InChI=1S/C20H21F2N/c1-20(16-5-3-2-4-6-16)19(14-9-11-23(20)12-10-14)15-7-8-17(21)18(22)13-15/h2-8,13-14,19H,9-12H2,1H3. The lowest BCUT2D eigenvalue weighted by molar-refractivity contribution is -0.0456. The minimum atomic E-state index is -0.767. The maximum absolute atomic E-state index is 13.8. The summed E-state index contributed by atoms with van der Waals surface area (Å²) in [7, 11) is 0. The van der Waals surface area contributed by atoms with E-state index < -0.39 is 11.6 Å². The zero-order valence-corrected chi connectivity index (χ0v) is 13.3. The quantitative estimate of drug-likeness (QED) is 0.777. The predicted molar refractivity (Wildman–Crippen MR) is 87.2 cm³/mol. The highest BCUT2D eigenvalue weighted by molar-refractivity contribution is 5.36. The highest BCUT2D eigenvalue weighted by Crippen LogP contribution is 2.54. The van der Waals surface area contributed by atoms with Crippen LogP contribution in [0.25, 0.3) is 0 Å².